The highest BCUT2D eigenvalue weighted by atomic mass is 16.5. The molecule has 1 fully saturated rings. The average molecular weight is 376 g/mol. The van der Waals surface area contributed by atoms with Gasteiger partial charge in [-0.2, -0.15) is 0 Å². The summed E-state index contributed by atoms with van der Waals surface area (Å²) in [7, 11) is 0. The normalized spacial score (nSPS) is 16.4. The van der Waals surface area contributed by atoms with Crippen molar-refractivity contribution in [2.45, 2.75) is 39.0 Å². The van der Waals surface area contributed by atoms with Crippen LogP contribution >= 0.6 is 0 Å². The molecule has 1 saturated heterocycles. The molecule has 2 heterocycles. The number of amides is 1. The molecule has 4 rings (SSSR count). The molecule has 1 aromatic heterocycles. The first-order valence-corrected chi connectivity index (χ1v) is 9.67. The van der Waals surface area contributed by atoms with Gasteiger partial charge in [0.25, 0.3) is 11.5 Å². The highest BCUT2D eigenvalue weighted by Crippen LogP contribution is 2.19. The number of fused-ring (bicyclic) bond motifs is 1. The van der Waals surface area contributed by atoms with E-state index in [9.17, 15) is 9.59 Å². The molecule has 1 amide bonds. The summed E-state index contributed by atoms with van der Waals surface area (Å²) in [6.07, 6.45) is 1.22. The van der Waals surface area contributed by atoms with Crippen LogP contribution in [0.1, 0.15) is 29.5 Å². The van der Waals surface area contributed by atoms with E-state index in [1.807, 2.05) is 61.5 Å². The van der Waals surface area contributed by atoms with Crippen LogP contribution in [-0.2, 0) is 22.6 Å². The van der Waals surface area contributed by atoms with Gasteiger partial charge in [0.2, 0.25) is 0 Å². The molecular weight excluding hydrogens is 352 g/mol. The molecule has 1 aliphatic heterocycles. The Labute approximate surface area is 163 Å². The zero-order valence-corrected chi connectivity index (χ0v) is 16.0. The van der Waals surface area contributed by atoms with Gasteiger partial charge in [-0.15, -0.1) is 0 Å². The lowest BCUT2D eigenvalue weighted by Crippen LogP contribution is -2.39. The number of pyridine rings is 1. The minimum atomic E-state index is -0.412. The topological polar surface area (TPSA) is 62.4 Å². The first-order chi connectivity index (χ1) is 13.6. The molecule has 144 valence electrons. The third-order valence-electron chi connectivity index (χ3n) is 5.17. The summed E-state index contributed by atoms with van der Waals surface area (Å²) in [6, 6.07) is 17.7. The minimum Gasteiger partial charge on any atom is -0.368 e. The van der Waals surface area contributed by atoms with Gasteiger partial charge < -0.3 is 14.6 Å². The van der Waals surface area contributed by atoms with Gasteiger partial charge in [0.1, 0.15) is 6.10 Å². The number of H-pyrrole nitrogens is 1. The van der Waals surface area contributed by atoms with Crippen molar-refractivity contribution >= 4 is 16.8 Å². The van der Waals surface area contributed by atoms with Crippen LogP contribution in [0.3, 0.4) is 0 Å². The van der Waals surface area contributed by atoms with E-state index in [4.69, 9.17) is 4.74 Å². The quantitative estimate of drug-likeness (QED) is 0.741. The van der Waals surface area contributed by atoms with Crippen LogP contribution in [-0.4, -0.2) is 28.5 Å². The highest BCUT2D eigenvalue weighted by molar-refractivity contribution is 5.82. The molecule has 5 heteroatoms. The van der Waals surface area contributed by atoms with Crippen LogP contribution < -0.4 is 5.56 Å². The molecule has 5 nitrogen and oxygen atoms in total. The SMILES string of the molecule is Cc1ccc2[nH]c(=O)c(CN(Cc3ccccc3)C(=O)[C@@H]3CCCO3)cc2c1. The Balaban J connectivity index is 1.66. The van der Waals surface area contributed by atoms with E-state index in [-0.39, 0.29) is 18.0 Å². The van der Waals surface area contributed by atoms with Gasteiger partial charge in [0.05, 0.1) is 6.54 Å². The van der Waals surface area contributed by atoms with Gasteiger partial charge in [-0.1, -0.05) is 42.0 Å². The standard InChI is InChI=1S/C23H24N2O3/c1-16-9-10-20-18(12-16)13-19(22(26)24-20)15-25(14-17-6-3-2-4-7-17)23(27)21-8-5-11-28-21/h2-4,6-7,9-10,12-13,21H,5,8,11,14-15H2,1H3,(H,24,26)/t21-/m0/s1. The summed E-state index contributed by atoms with van der Waals surface area (Å²) < 4.78 is 5.61. The fourth-order valence-electron chi connectivity index (χ4n) is 3.69. The van der Waals surface area contributed by atoms with Crippen molar-refractivity contribution in [3.05, 3.63) is 81.6 Å². The molecule has 0 bridgehead atoms. The molecule has 28 heavy (non-hydrogen) atoms. The molecule has 1 aliphatic rings. The van der Waals surface area contributed by atoms with Crippen molar-refractivity contribution in [1.82, 2.24) is 9.88 Å². The lowest BCUT2D eigenvalue weighted by molar-refractivity contribution is -0.142. The Bertz CT molecular complexity index is 1040. The second kappa shape index (κ2) is 7.98. The first-order valence-electron chi connectivity index (χ1n) is 9.67. The van der Waals surface area contributed by atoms with Gasteiger partial charge in [-0.3, -0.25) is 9.59 Å². The molecule has 1 atom stereocenters. The molecule has 0 aliphatic carbocycles. The number of nitrogens with one attached hydrogen (secondary N) is 1. The third kappa shape index (κ3) is 3.99. The molecule has 0 saturated carbocycles. The van der Waals surface area contributed by atoms with E-state index >= 15 is 0 Å². The Morgan fingerprint density at radius 3 is 2.71 bits per heavy atom. The van der Waals surface area contributed by atoms with Gasteiger partial charge in [0, 0.05) is 24.2 Å². The van der Waals surface area contributed by atoms with Crippen LogP contribution in [0.15, 0.2) is 59.4 Å². The predicted molar refractivity (Wildman–Crippen MR) is 109 cm³/mol. The highest BCUT2D eigenvalue weighted by Gasteiger charge is 2.29. The van der Waals surface area contributed by atoms with Gasteiger partial charge in [-0.05, 0) is 48.9 Å². The molecule has 0 radical (unpaired) electrons. The van der Waals surface area contributed by atoms with Crippen LogP contribution in [0, 0.1) is 6.92 Å². The number of aromatic amines is 1. The number of ether oxygens (including phenoxy) is 1. The van der Waals surface area contributed by atoms with Gasteiger partial charge >= 0.3 is 0 Å². The van der Waals surface area contributed by atoms with Crippen molar-refractivity contribution in [3.63, 3.8) is 0 Å². The predicted octanol–water partition coefficient (Wildman–Crippen LogP) is 3.54. The van der Waals surface area contributed by atoms with Crippen molar-refractivity contribution < 1.29 is 9.53 Å². The zero-order chi connectivity index (χ0) is 19.5. The molecule has 2 aromatic carbocycles. The number of hydrogen-bond donors (Lipinski definition) is 1. The number of nitrogens with zero attached hydrogens (tertiary/aromatic N) is 1. The average Bonchev–Trinajstić information content (AvgIpc) is 3.23. The molecule has 1 N–H and O–H groups in total. The Morgan fingerprint density at radius 2 is 1.96 bits per heavy atom. The van der Waals surface area contributed by atoms with E-state index in [0.29, 0.717) is 18.7 Å². The van der Waals surface area contributed by atoms with Crippen molar-refractivity contribution in [2.24, 2.45) is 0 Å². The third-order valence-corrected chi connectivity index (χ3v) is 5.17. The second-order valence-corrected chi connectivity index (χ2v) is 7.40. The largest absolute Gasteiger partial charge is 0.368 e. The van der Waals surface area contributed by atoms with Crippen molar-refractivity contribution in [3.8, 4) is 0 Å². The number of aromatic nitrogens is 1. The van der Waals surface area contributed by atoms with Crippen LogP contribution in [0.25, 0.3) is 10.9 Å². The maximum Gasteiger partial charge on any atom is 0.253 e. The van der Waals surface area contributed by atoms with Gasteiger partial charge in [-0.25, -0.2) is 0 Å². The second-order valence-electron chi connectivity index (χ2n) is 7.40. The maximum atomic E-state index is 13.1. The summed E-state index contributed by atoms with van der Waals surface area (Å²) >= 11 is 0. The fraction of sp³-hybridized carbons (Fsp3) is 0.304. The maximum absolute atomic E-state index is 13.1. The Morgan fingerprint density at radius 1 is 1.14 bits per heavy atom. The summed E-state index contributed by atoms with van der Waals surface area (Å²) in [6.45, 7) is 3.34. The number of carbonyl (C=O) groups excluding carboxylic acids is 1. The van der Waals surface area contributed by atoms with Gasteiger partial charge in [0.15, 0.2) is 0 Å². The molecule has 3 aromatic rings. The summed E-state index contributed by atoms with van der Waals surface area (Å²) in [4.78, 5) is 30.4. The van der Waals surface area contributed by atoms with E-state index in [1.54, 1.807) is 4.90 Å². The number of hydrogen-bond acceptors (Lipinski definition) is 3. The van der Waals surface area contributed by atoms with Crippen LogP contribution in [0.2, 0.25) is 0 Å². The van der Waals surface area contributed by atoms with Crippen molar-refractivity contribution in [2.75, 3.05) is 6.61 Å². The number of benzene rings is 2. The number of aryl methyl sites for hydroxylation is 1. The van der Waals surface area contributed by atoms with E-state index in [0.717, 1.165) is 34.9 Å². The monoisotopic (exact) mass is 376 g/mol. The van der Waals surface area contributed by atoms with E-state index in [2.05, 4.69) is 4.98 Å². The van der Waals surface area contributed by atoms with E-state index in [1.165, 1.54) is 0 Å². The fourth-order valence-corrected chi connectivity index (χ4v) is 3.69. The van der Waals surface area contributed by atoms with E-state index < -0.39 is 6.10 Å². The minimum absolute atomic E-state index is 0.0508. The molecular formula is C23H24N2O3. The Kier molecular flexibility index (Phi) is 5.26. The zero-order valence-electron chi connectivity index (χ0n) is 16.0. The van der Waals surface area contributed by atoms with Crippen molar-refractivity contribution in [1.29, 1.82) is 0 Å². The summed E-state index contributed by atoms with van der Waals surface area (Å²) in [5.74, 6) is -0.0508. The molecule has 0 unspecified atom stereocenters. The summed E-state index contributed by atoms with van der Waals surface area (Å²) in [5.41, 5.74) is 3.39. The molecule has 0 spiro atoms. The number of carbonyl (C=O) groups is 1. The first kappa shape index (κ1) is 18.4. The summed E-state index contributed by atoms with van der Waals surface area (Å²) in [5, 5.41) is 0.971. The van der Waals surface area contributed by atoms with Crippen LogP contribution in [0.5, 0.6) is 0 Å². The number of rotatable bonds is 5. The lowest BCUT2D eigenvalue weighted by atomic mass is 10.1. The lowest BCUT2D eigenvalue weighted by Gasteiger charge is -2.25. The smallest absolute Gasteiger partial charge is 0.253 e. The van der Waals surface area contributed by atoms with Crippen LogP contribution in [0.4, 0.5) is 0 Å². The Hall–Kier alpha value is -2.92.